The second kappa shape index (κ2) is 18.8. The Kier molecular flexibility index (Phi) is 12.7. The minimum absolute atomic E-state index is 0.0126. The number of para-hydroxylation sites is 2. The number of ether oxygens (including phenoxy) is 9. The van der Waals surface area contributed by atoms with Crippen LogP contribution in [0.3, 0.4) is 0 Å². The smallest absolute Gasteiger partial charge is 0.343 e. The van der Waals surface area contributed by atoms with Crippen LogP contribution in [0, 0.1) is 17.8 Å². The molecule has 0 amide bonds. The Hall–Kier alpha value is -6.47. The molecule has 17 nitrogen and oxygen atoms in total. The van der Waals surface area contributed by atoms with Crippen LogP contribution >= 0.6 is 0 Å². The van der Waals surface area contributed by atoms with Gasteiger partial charge in [-0.1, -0.05) is 41.5 Å². The molecule has 17 heteroatoms. The largest absolute Gasteiger partial charge is 0.482 e. The molecule has 2 N–H and O–H groups in total. The molecule has 3 aliphatic carbocycles. The summed E-state index contributed by atoms with van der Waals surface area (Å²) in [4.78, 5) is 54.9. The number of aliphatic hydroxyl groups excluding tert-OH is 2. The van der Waals surface area contributed by atoms with E-state index in [0.717, 1.165) is 17.5 Å². The van der Waals surface area contributed by atoms with Crippen molar-refractivity contribution in [1.82, 2.24) is 9.55 Å². The highest BCUT2D eigenvalue weighted by atomic mass is 16.8. The van der Waals surface area contributed by atoms with Gasteiger partial charge in [-0.15, -0.1) is 0 Å². The topological polar surface area (TPSA) is 205 Å². The molecule has 7 heterocycles. The first kappa shape index (κ1) is 53.2. The quantitative estimate of drug-likeness (QED) is 0.0587. The zero-order valence-electron chi connectivity index (χ0n) is 46.6. The first-order valence-electron chi connectivity index (χ1n) is 27.4. The van der Waals surface area contributed by atoms with E-state index in [1.54, 1.807) is 51.1 Å². The molecule has 79 heavy (non-hydrogen) atoms. The Bertz CT molecular complexity index is 3380. The van der Waals surface area contributed by atoms with Crippen molar-refractivity contribution in [3.63, 3.8) is 0 Å². The lowest BCUT2D eigenvalue weighted by molar-refractivity contribution is -0.373. The van der Waals surface area contributed by atoms with Crippen LogP contribution < -0.4 is 18.9 Å². The molecule has 13 rings (SSSR count). The van der Waals surface area contributed by atoms with E-state index in [-0.39, 0.29) is 41.8 Å². The molecule has 12 atom stereocenters. The van der Waals surface area contributed by atoms with Gasteiger partial charge < -0.3 is 57.4 Å². The van der Waals surface area contributed by atoms with Gasteiger partial charge in [0.25, 0.3) is 0 Å². The second-order valence-electron chi connectivity index (χ2n) is 24.2. The Morgan fingerprint density at radius 3 is 2.39 bits per heavy atom. The Morgan fingerprint density at radius 1 is 0.911 bits per heavy atom. The summed E-state index contributed by atoms with van der Waals surface area (Å²) in [5.41, 5.74) is 1.66. The van der Waals surface area contributed by atoms with E-state index in [9.17, 15) is 15.0 Å². The van der Waals surface area contributed by atoms with E-state index in [2.05, 4.69) is 30.6 Å². The minimum atomic E-state index is -1.62. The summed E-state index contributed by atoms with van der Waals surface area (Å²) in [6, 6.07) is 13.5. The molecule has 4 bridgehead atoms. The molecule has 3 aromatic carbocycles. The molecule has 4 aromatic rings. The van der Waals surface area contributed by atoms with E-state index in [1.165, 1.54) is 12.7 Å². The molecule has 0 radical (unpaired) electrons. The van der Waals surface area contributed by atoms with Crippen molar-refractivity contribution in [1.29, 1.82) is 0 Å². The van der Waals surface area contributed by atoms with Gasteiger partial charge >= 0.3 is 11.9 Å². The number of aromatic nitrogens is 2. The predicted molar refractivity (Wildman–Crippen MR) is 291 cm³/mol. The Morgan fingerprint density at radius 2 is 1.66 bits per heavy atom. The molecule has 3 saturated carbocycles. The Balaban J connectivity index is 1.04. The first-order chi connectivity index (χ1) is 37.5. The predicted octanol–water partition coefficient (Wildman–Crippen LogP) is 9.35. The van der Waals surface area contributed by atoms with E-state index in [1.807, 2.05) is 71.0 Å². The number of allylic oxidation sites excluding steroid dienone is 4. The van der Waals surface area contributed by atoms with Crippen LogP contribution in [0.1, 0.15) is 128 Å². The number of hydrogen-bond donors (Lipinski definition) is 2. The monoisotopic (exact) mass is 1080 g/mol. The number of fused-ring (bicyclic) bond motifs is 7. The molecular formula is C62H69N3O14. The van der Waals surface area contributed by atoms with Gasteiger partial charge in [-0.25, -0.2) is 19.6 Å². The van der Waals surface area contributed by atoms with Gasteiger partial charge in [0, 0.05) is 29.4 Å². The van der Waals surface area contributed by atoms with Gasteiger partial charge in [0.1, 0.15) is 47.3 Å². The maximum Gasteiger partial charge on any atom is 0.343 e. The zero-order valence-corrected chi connectivity index (χ0v) is 46.6. The molecule has 9 aliphatic rings. The molecule has 6 aliphatic heterocycles. The number of aliphatic imine (C=N–C) groups is 1. The van der Waals surface area contributed by atoms with Gasteiger partial charge in [-0.05, 0) is 143 Å². The number of rotatable bonds is 12. The fourth-order valence-electron chi connectivity index (χ4n) is 13.9. The van der Waals surface area contributed by atoms with E-state index in [4.69, 9.17) is 52.6 Å². The Labute approximate surface area is 459 Å². The van der Waals surface area contributed by atoms with Gasteiger partial charge in [-0.3, -0.25) is 4.79 Å². The maximum atomic E-state index is 16.0. The molecule has 416 valence electrons. The van der Waals surface area contributed by atoms with Gasteiger partial charge in [-0.2, -0.15) is 0 Å². The summed E-state index contributed by atoms with van der Waals surface area (Å²) in [5.74, 6) is -2.34. The number of carbonyl (C=O) groups is 3. The van der Waals surface area contributed by atoms with Crippen LogP contribution in [0.25, 0.3) is 17.1 Å². The van der Waals surface area contributed by atoms with E-state index >= 15 is 9.59 Å². The van der Waals surface area contributed by atoms with Crippen molar-refractivity contribution in [3.8, 4) is 23.0 Å². The third kappa shape index (κ3) is 8.27. The number of imidazole rings is 1. The van der Waals surface area contributed by atoms with Crippen LogP contribution in [0.4, 0.5) is 5.95 Å². The van der Waals surface area contributed by atoms with Crippen LogP contribution in [-0.4, -0.2) is 116 Å². The SMILES string of the molecule is COC(=O)C(C)=CCC12OC(C)(C)[C@H]3C[C@H](C1=O)C1C4C(=Nc5nc6ccccc6n51)c1c(OC(=O)c5ccc(O[C@@H]6O[C@@H]7COC(C)(C)O[C@H]7[C@H](O)[C@H]6O)cc5)c5c(c(CC=C(C)C)c1OC432)OC(C)(CCC=C(C)C)C=C5. The van der Waals surface area contributed by atoms with Crippen molar-refractivity contribution in [3.05, 3.63) is 112 Å². The van der Waals surface area contributed by atoms with Gasteiger partial charge in [0.2, 0.25) is 12.2 Å². The third-order valence-electron chi connectivity index (χ3n) is 17.5. The molecule has 1 spiro atoms. The molecular weight excluding hydrogens is 1010 g/mol. The standard InChI is InChI=1S/C62H69N3O14/c1-31(2)15-14-26-60(10)27-25-37-49(77-60)36(23-18-32(3)4)51-43(50(37)75-55(70)34-19-21-35(22-20-34)73-56-48(67)47(66)52-41(74-56)30-72-59(8,9)76-52)45-44-46(65-40-17-13-12-16-39(40)63-57(65)64-45)38-29-42-58(6,7)79-61(53(38)68,62(42,44)78-51)28-24-33(5)54(69)71-11/h12-13,15-22,24-25,27,38,41-42,44,46-48,52,56,66-67H,14,23,26,28-30H2,1-11H3/t38-,41+,42+,44?,46?,47+,48+,52+,56+,60?,61?,62?/m0/s1. The summed E-state index contributed by atoms with van der Waals surface area (Å²) in [6.45, 7) is 19.5. The van der Waals surface area contributed by atoms with Gasteiger partial charge in [0.05, 0.1) is 64.7 Å². The normalized spacial score (nSPS) is 32.7. The van der Waals surface area contributed by atoms with Gasteiger partial charge in [0.15, 0.2) is 28.5 Å². The van der Waals surface area contributed by atoms with E-state index in [0.29, 0.717) is 70.2 Å². The lowest BCUT2D eigenvalue weighted by Gasteiger charge is -2.64. The highest BCUT2D eigenvalue weighted by Gasteiger charge is 2.86. The fraction of sp³-hybridized carbons (Fsp3) is 0.500. The number of nitrogens with zero attached hydrogens (tertiary/aromatic N) is 3. The molecule has 5 unspecified atom stereocenters. The van der Waals surface area contributed by atoms with E-state index < -0.39 is 88.7 Å². The summed E-state index contributed by atoms with van der Waals surface area (Å²) < 4.78 is 60.5. The summed E-state index contributed by atoms with van der Waals surface area (Å²) in [6.07, 6.45) is 6.58. The van der Waals surface area contributed by atoms with Crippen molar-refractivity contribution >= 4 is 46.5 Å². The number of ketones is 1. The van der Waals surface area contributed by atoms with Crippen LogP contribution in [-0.2, 0) is 39.7 Å². The van der Waals surface area contributed by atoms with Crippen molar-refractivity contribution in [2.24, 2.45) is 22.7 Å². The molecule has 1 aromatic heterocycles. The lowest BCUT2D eigenvalue weighted by atomic mass is 9.44. The van der Waals surface area contributed by atoms with Crippen molar-refractivity contribution in [2.75, 3.05) is 13.7 Å². The lowest BCUT2D eigenvalue weighted by Crippen LogP contribution is -2.79. The number of benzene rings is 3. The fourth-order valence-corrected chi connectivity index (χ4v) is 13.9. The summed E-state index contributed by atoms with van der Waals surface area (Å²) in [5, 5.41) is 22.2. The first-order valence-corrected chi connectivity index (χ1v) is 27.4. The highest BCUT2D eigenvalue weighted by Crippen LogP contribution is 2.74. The molecule has 3 saturated heterocycles. The number of Topliss-reactive ketones (excluding diaryl/α,β-unsaturated/α-hetero) is 1. The number of esters is 2. The number of aliphatic hydroxyl groups is 2. The average Bonchev–Trinajstić information content (AvgIpc) is 2.00. The van der Waals surface area contributed by atoms with Crippen molar-refractivity contribution < 1.29 is 67.2 Å². The minimum Gasteiger partial charge on any atom is -0.482 e. The zero-order chi connectivity index (χ0) is 55.9. The maximum absolute atomic E-state index is 16.0. The molecule has 6 fully saturated rings. The van der Waals surface area contributed by atoms with Crippen LogP contribution in [0.5, 0.6) is 23.0 Å². The summed E-state index contributed by atoms with van der Waals surface area (Å²) in [7, 11) is 1.33. The number of hydrogen-bond acceptors (Lipinski definition) is 16. The highest BCUT2D eigenvalue weighted by molar-refractivity contribution is 6.15. The van der Waals surface area contributed by atoms with Crippen LogP contribution in [0.2, 0.25) is 0 Å². The number of carbonyl (C=O) groups excluding carboxylic acids is 3. The van der Waals surface area contributed by atoms with Crippen LogP contribution in [0.15, 0.2) is 94.5 Å². The second-order valence-corrected chi connectivity index (χ2v) is 24.2. The third-order valence-corrected chi connectivity index (χ3v) is 17.5. The average molecular weight is 1080 g/mol. The summed E-state index contributed by atoms with van der Waals surface area (Å²) >= 11 is 0. The van der Waals surface area contributed by atoms with Crippen molar-refractivity contribution in [2.45, 2.75) is 166 Å². The number of methoxy groups -OCH3 is 1.